The van der Waals surface area contributed by atoms with Gasteiger partial charge in [-0.3, -0.25) is 4.79 Å². The molecule has 0 aliphatic carbocycles. The molecule has 1 N–H and O–H groups in total. The monoisotopic (exact) mass is 337 g/mol. The molecule has 7 nitrogen and oxygen atoms in total. The number of ether oxygens (including phenoxy) is 1. The van der Waals surface area contributed by atoms with Gasteiger partial charge in [0.05, 0.1) is 23.1 Å². The largest absolute Gasteiger partial charge is 0.382 e. The van der Waals surface area contributed by atoms with Crippen LogP contribution >= 0.6 is 0 Å². The Morgan fingerprint density at radius 1 is 1.52 bits per heavy atom. The van der Waals surface area contributed by atoms with Crippen LogP contribution in [0.25, 0.3) is 0 Å². The van der Waals surface area contributed by atoms with Crippen LogP contribution in [-0.4, -0.2) is 51.5 Å². The number of nitriles is 1. The summed E-state index contributed by atoms with van der Waals surface area (Å²) < 4.78 is 32.3. The highest BCUT2D eigenvalue weighted by atomic mass is 32.2. The number of nitrogens with one attached hydrogen (secondary N) is 1. The maximum absolute atomic E-state index is 13.0. The summed E-state index contributed by atoms with van der Waals surface area (Å²) >= 11 is 0. The molecule has 1 atom stereocenters. The highest BCUT2D eigenvalue weighted by Crippen LogP contribution is 2.35. The van der Waals surface area contributed by atoms with Crippen molar-refractivity contribution in [2.75, 3.05) is 27.3 Å². The van der Waals surface area contributed by atoms with Crippen LogP contribution < -0.4 is 5.32 Å². The third-order valence-electron chi connectivity index (χ3n) is 4.01. The van der Waals surface area contributed by atoms with E-state index in [0.29, 0.717) is 12.8 Å². The smallest absolute Gasteiger partial charge is 0.244 e. The molecule has 1 heterocycles. The SMILES string of the molecule is CNC(=O)C1(COC)CCCN1S(=O)(=O)c1cccc(C#N)c1. The minimum Gasteiger partial charge on any atom is -0.382 e. The predicted octanol–water partition coefficient (Wildman–Crippen LogP) is 0.474. The maximum atomic E-state index is 13.0. The number of amides is 1. The van der Waals surface area contributed by atoms with E-state index in [4.69, 9.17) is 10.00 Å². The Hall–Kier alpha value is -1.95. The minimum atomic E-state index is -3.91. The Balaban J connectivity index is 2.52. The van der Waals surface area contributed by atoms with Crippen LogP contribution in [0.15, 0.2) is 29.2 Å². The Bertz CT molecular complexity index is 741. The average Bonchev–Trinajstić information content (AvgIpc) is 3.00. The van der Waals surface area contributed by atoms with Crippen LogP contribution in [0.4, 0.5) is 0 Å². The molecule has 23 heavy (non-hydrogen) atoms. The molecule has 0 spiro atoms. The summed E-state index contributed by atoms with van der Waals surface area (Å²) in [6.45, 7) is 0.208. The van der Waals surface area contributed by atoms with Crippen LogP contribution in [0.1, 0.15) is 18.4 Å². The lowest BCUT2D eigenvalue weighted by Gasteiger charge is -2.35. The molecular weight excluding hydrogens is 318 g/mol. The van der Waals surface area contributed by atoms with E-state index in [1.807, 2.05) is 6.07 Å². The lowest BCUT2D eigenvalue weighted by atomic mass is 9.97. The number of nitrogens with zero attached hydrogens (tertiary/aromatic N) is 2. The van der Waals surface area contributed by atoms with Crippen molar-refractivity contribution in [1.82, 2.24) is 9.62 Å². The molecule has 1 aromatic carbocycles. The first-order valence-corrected chi connectivity index (χ1v) is 8.60. The van der Waals surface area contributed by atoms with E-state index in [1.165, 1.54) is 42.7 Å². The van der Waals surface area contributed by atoms with Gasteiger partial charge in [-0.15, -0.1) is 0 Å². The number of sulfonamides is 1. The van der Waals surface area contributed by atoms with Crippen molar-refractivity contribution in [2.24, 2.45) is 0 Å². The van der Waals surface area contributed by atoms with Gasteiger partial charge in [0.15, 0.2) is 0 Å². The predicted molar refractivity (Wildman–Crippen MR) is 83.0 cm³/mol. The second kappa shape index (κ2) is 6.66. The molecule has 0 bridgehead atoms. The number of hydrogen-bond acceptors (Lipinski definition) is 5. The molecule has 2 rings (SSSR count). The zero-order chi connectivity index (χ0) is 17.1. The summed E-state index contributed by atoms with van der Waals surface area (Å²) in [5, 5.41) is 11.5. The van der Waals surface area contributed by atoms with Crippen molar-refractivity contribution < 1.29 is 17.9 Å². The van der Waals surface area contributed by atoms with Gasteiger partial charge in [-0.2, -0.15) is 9.57 Å². The van der Waals surface area contributed by atoms with E-state index in [9.17, 15) is 13.2 Å². The van der Waals surface area contributed by atoms with E-state index >= 15 is 0 Å². The van der Waals surface area contributed by atoms with Gasteiger partial charge in [-0.05, 0) is 31.0 Å². The number of benzene rings is 1. The number of carbonyl (C=O) groups excluding carboxylic acids is 1. The zero-order valence-electron chi connectivity index (χ0n) is 13.1. The van der Waals surface area contributed by atoms with Gasteiger partial charge in [0.2, 0.25) is 15.9 Å². The highest BCUT2D eigenvalue weighted by Gasteiger charge is 2.52. The summed E-state index contributed by atoms with van der Waals surface area (Å²) in [7, 11) is -1.01. The fourth-order valence-corrected chi connectivity index (χ4v) is 4.80. The second-order valence-electron chi connectivity index (χ2n) is 5.36. The van der Waals surface area contributed by atoms with Crippen molar-refractivity contribution in [1.29, 1.82) is 5.26 Å². The van der Waals surface area contributed by atoms with E-state index in [0.717, 1.165) is 0 Å². The fraction of sp³-hybridized carbons (Fsp3) is 0.467. The lowest BCUT2D eigenvalue weighted by Crippen LogP contribution is -2.59. The number of methoxy groups -OCH3 is 1. The van der Waals surface area contributed by atoms with Crippen molar-refractivity contribution in [2.45, 2.75) is 23.3 Å². The molecular formula is C15H19N3O4S. The third kappa shape index (κ3) is 2.95. The van der Waals surface area contributed by atoms with Crippen LogP contribution in [-0.2, 0) is 19.6 Å². The summed E-state index contributed by atoms with van der Waals surface area (Å²) in [5.74, 6) is -0.392. The Kier molecular flexibility index (Phi) is 5.04. The molecule has 0 radical (unpaired) electrons. The molecule has 8 heteroatoms. The van der Waals surface area contributed by atoms with Crippen LogP contribution in [0.3, 0.4) is 0 Å². The van der Waals surface area contributed by atoms with Crippen molar-refractivity contribution >= 4 is 15.9 Å². The van der Waals surface area contributed by atoms with Crippen molar-refractivity contribution in [3.05, 3.63) is 29.8 Å². The van der Waals surface area contributed by atoms with Gasteiger partial charge in [-0.25, -0.2) is 8.42 Å². The molecule has 1 aromatic rings. The molecule has 1 aliphatic rings. The molecule has 0 aromatic heterocycles. The molecule has 1 saturated heterocycles. The van der Waals surface area contributed by atoms with Gasteiger partial charge in [0, 0.05) is 20.7 Å². The van der Waals surface area contributed by atoms with E-state index in [2.05, 4.69) is 5.32 Å². The Morgan fingerprint density at radius 3 is 2.87 bits per heavy atom. The summed E-state index contributed by atoms with van der Waals surface area (Å²) in [6.07, 6.45) is 0.950. The minimum absolute atomic E-state index is 0.00262. The number of carbonyl (C=O) groups is 1. The number of hydrogen-bond donors (Lipinski definition) is 1. The molecule has 1 fully saturated rings. The third-order valence-corrected chi connectivity index (χ3v) is 5.97. The standard InChI is InChI=1S/C15H19N3O4S/c1-17-14(19)15(11-22-2)7-4-8-18(15)23(20,21)13-6-3-5-12(9-13)10-16/h3,5-6,9H,4,7-8,11H2,1-2H3,(H,17,19). The topological polar surface area (TPSA) is 99.5 Å². The van der Waals surface area contributed by atoms with Crippen molar-refractivity contribution in [3.63, 3.8) is 0 Å². The molecule has 1 amide bonds. The van der Waals surface area contributed by atoms with E-state index in [-0.39, 0.29) is 23.6 Å². The molecule has 0 saturated carbocycles. The second-order valence-corrected chi connectivity index (χ2v) is 7.23. The number of likely N-dealkylation sites (N-methyl/N-ethyl adjacent to an activating group) is 1. The fourth-order valence-electron chi connectivity index (χ4n) is 2.97. The van der Waals surface area contributed by atoms with E-state index in [1.54, 1.807) is 0 Å². The van der Waals surface area contributed by atoms with Gasteiger partial charge in [-0.1, -0.05) is 6.07 Å². The van der Waals surface area contributed by atoms with Gasteiger partial charge < -0.3 is 10.1 Å². The highest BCUT2D eigenvalue weighted by molar-refractivity contribution is 7.89. The maximum Gasteiger partial charge on any atom is 0.244 e. The Labute approximate surface area is 135 Å². The summed E-state index contributed by atoms with van der Waals surface area (Å²) in [6, 6.07) is 7.71. The lowest BCUT2D eigenvalue weighted by molar-refractivity contribution is -0.131. The van der Waals surface area contributed by atoms with Crippen LogP contribution in [0, 0.1) is 11.3 Å². The average molecular weight is 337 g/mol. The van der Waals surface area contributed by atoms with Gasteiger partial charge in [0.1, 0.15) is 5.54 Å². The van der Waals surface area contributed by atoms with Gasteiger partial charge >= 0.3 is 0 Å². The quantitative estimate of drug-likeness (QED) is 0.842. The Morgan fingerprint density at radius 2 is 2.26 bits per heavy atom. The first-order valence-electron chi connectivity index (χ1n) is 7.16. The summed E-state index contributed by atoms with van der Waals surface area (Å²) in [5.41, 5.74) is -1.01. The normalized spacial score (nSPS) is 21.8. The summed E-state index contributed by atoms with van der Waals surface area (Å²) in [4.78, 5) is 12.4. The molecule has 1 aliphatic heterocycles. The van der Waals surface area contributed by atoms with E-state index < -0.39 is 21.5 Å². The number of rotatable bonds is 5. The first-order chi connectivity index (χ1) is 10.9. The first kappa shape index (κ1) is 17.4. The van der Waals surface area contributed by atoms with Crippen LogP contribution in [0.5, 0.6) is 0 Å². The molecule has 1 unspecified atom stereocenters. The van der Waals surface area contributed by atoms with Crippen LogP contribution in [0.2, 0.25) is 0 Å². The zero-order valence-corrected chi connectivity index (χ0v) is 13.9. The van der Waals surface area contributed by atoms with Crippen molar-refractivity contribution in [3.8, 4) is 6.07 Å². The van der Waals surface area contributed by atoms with Gasteiger partial charge in [0.25, 0.3) is 0 Å². The molecule has 124 valence electrons.